The van der Waals surface area contributed by atoms with Crippen LogP contribution in [0.3, 0.4) is 0 Å². The number of hydrogen-bond donors (Lipinski definition) is 4. The molecule has 1 saturated carbocycles. The number of rotatable bonds is 6. The highest BCUT2D eigenvalue weighted by molar-refractivity contribution is 5.57. The minimum atomic E-state index is -0.692. The Kier molecular flexibility index (Phi) is 7.01. The van der Waals surface area contributed by atoms with Crippen LogP contribution in [0.15, 0.2) is 18.2 Å². The summed E-state index contributed by atoms with van der Waals surface area (Å²) in [6.45, 7) is 1.95. The van der Waals surface area contributed by atoms with Crippen molar-refractivity contribution >= 4 is 23.5 Å². The van der Waals surface area contributed by atoms with E-state index in [2.05, 4.69) is 30.8 Å². The number of benzene rings is 1. The van der Waals surface area contributed by atoms with E-state index in [-0.39, 0.29) is 5.75 Å². The lowest BCUT2D eigenvalue weighted by Crippen LogP contribution is -2.42. The first-order valence-corrected chi connectivity index (χ1v) is 11.3. The summed E-state index contributed by atoms with van der Waals surface area (Å²) in [5, 5.41) is 19.4. The maximum atomic E-state index is 13.8. The average molecular weight is 430 g/mol. The van der Waals surface area contributed by atoms with Crippen molar-refractivity contribution in [1.29, 1.82) is 0 Å². The highest BCUT2D eigenvalue weighted by atomic mass is 19.1. The smallest absolute Gasteiger partial charge is 0.233 e. The number of nitrogens with one attached hydrogen (secondary N) is 3. The van der Waals surface area contributed by atoms with Crippen LogP contribution in [0.2, 0.25) is 0 Å². The van der Waals surface area contributed by atoms with Gasteiger partial charge >= 0.3 is 0 Å². The lowest BCUT2D eigenvalue weighted by molar-refractivity contribution is 0.432. The van der Waals surface area contributed by atoms with Crippen LogP contribution in [0, 0.1) is 5.82 Å². The summed E-state index contributed by atoms with van der Waals surface area (Å²) in [7, 11) is 2.02. The fraction of sp³-hybridized carbons (Fsp3) is 0.591. The first kappa shape index (κ1) is 21.5. The van der Waals surface area contributed by atoms with Gasteiger partial charge in [-0.1, -0.05) is 25.7 Å². The number of phenols is 1. The van der Waals surface area contributed by atoms with Gasteiger partial charge in [-0.2, -0.15) is 15.0 Å². The van der Waals surface area contributed by atoms with Crippen LogP contribution >= 0.6 is 0 Å². The van der Waals surface area contributed by atoms with Gasteiger partial charge in [0.05, 0.1) is 0 Å². The molecule has 2 aromatic rings. The molecule has 1 aliphatic carbocycles. The molecule has 1 aromatic carbocycles. The molecule has 0 radical (unpaired) electrons. The summed E-state index contributed by atoms with van der Waals surface area (Å²) in [6, 6.07) is 4.84. The van der Waals surface area contributed by atoms with E-state index in [4.69, 9.17) is 4.98 Å². The summed E-state index contributed by atoms with van der Waals surface area (Å²) in [4.78, 5) is 16.0. The SMILES string of the molecule is CN(c1nc(Nc2ccc(O)c(F)c2)nc(NC2CCCCCC2)n1)C1CCNCC1. The van der Waals surface area contributed by atoms with E-state index in [1.54, 1.807) is 6.07 Å². The van der Waals surface area contributed by atoms with E-state index in [0.29, 0.717) is 35.6 Å². The van der Waals surface area contributed by atoms with Crippen molar-refractivity contribution in [3.63, 3.8) is 0 Å². The molecule has 4 rings (SSSR count). The minimum Gasteiger partial charge on any atom is -0.505 e. The second kappa shape index (κ2) is 10.1. The predicted octanol–water partition coefficient (Wildman–Crippen LogP) is 3.78. The van der Waals surface area contributed by atoms with E-state index < -0.39 is 5.82 Å². The zero-order valence-corrected chi connectivity index (χ0v) is 18.1. The molecule has 1 saturated heterocycles. The van der Waals surface area contributed by atoms with Crippen molar-refractivity contribution < 1.29 is 9.50 Å². The van der Waals surface area contributed by atoms with Crippen LogP contribution in [0.4, 0.5) is 27.9 Å². The lowest BCUT2D eigenvalue weighted by Gasteiger charge is -2.32. The van der Waals surface area contributed by atoms with Gasteiger partial charge in [-0.25, -0.2) is 4.39 Å². The molecule has 0 amide bonds. The maximum absolute atomic E-state index is 13.8. The van der Waals surface area contributed by atoms with Crippen LogP contribution in [-0.4, -0.2) is 52.3 Å². The standard InChI is InChI=1S/C22H32FN7O/c1-30(17-10-12-24-13-11-17)22-28-20(25-15-6-4-2-3-5-7-15)27-21(29-22)26-16-8-9-19(31)18(23)14-16/h8-9,14-15,17,24,31H,2-7,10-13H2,1H3,(H2,25,26,27,28,29). The van der Waals surface area contributed by atoms with Crippen LogP contribution < -0.4 is 20.9 Å². The Morgan fingerprint density at radius 3 is 2.42 bits per heavy atom. The molecule has 168 valence electrons. The summed E-state index contributed by atoms with van der Waals surface area (Å²) in [5.74, 6) is 0.414. The van der Waals surface area contributed by atoms with Gasteiger partial charge in [-0.3, -0.25) is 0 Å². The Morgan fingerprint density at radius 1 is 1.00 bits per heavy atom. The number of nitrogens with zero attached hydrogens (tertiary/aromatic N) is 4. The third-order valence-corrected chi connectivity index (χ3v) is 6.19. The summed E-state index contributed by atoms with van der Waals surface area (Å²) < 4.78 is 13.8. The number of piperidine rings is 1. The molecular formula is C22H32FN7O. The number of aromatic nitrogens is 3. The molecule has 0 atom stereocenters. The molecular weight excluding hydrogens is 397 g/mol. The first-order chi connectivity index (χ1) is 15.1. The molecule has 1 aromatic heterocycles. The van der Waals surface area contributed by atoms with E-state index >= 15 is 0 Å². The molecule has 0 spiro atoms. The largest absolute Gasteiger partial charge is 0.505 e. The predicted molar refractivity (Wildman–Crippen MR) is 121 cm³/mol. The molecule has 8 nitrogen and oxygen atoms in total. The van der Waals surface area contributed by atoms with Crippen molar-refractivity contribution in [3.8, 4) is 5.75 Å². The van der Waals surface area contributed by atoms with Crippen molar-refractivity contribution in [2.45, 2.75) is 63.5 Å². The molecule has 4 N–H and O–H groups in total. The molecule has 31 heavy (non-hydrogen) atoms. The molecule has 9 heteroatoms. The van der Waals surface area contributed by atoms with Crippen molar-refractivity contribution in [3.05, 3.63) is 24.0 Å². The van der Waals surface area contributed by atoms with Gasteiger partial charge in [0.1, 0.15) is 0 Å². The highest BCUT2D eigenvalue weighted by Gasteiger charge is 2.22. The van der Waals surface area contributed by atoms with Crippen LogP contribution in [0.1, 0.15) is 51.4 Å². The molecule has 1 aliphatic heterocycles. The van der Waals surface area contributed by atoms with E-state index in [0.717, 1.165) is 38.8 Å². The first-order valence-electron chi connectivity index (χ1n) is 11.3. The van der Waals surface area contributed by atoms with Crippen LogP contribution in [0.25, 0.3) is 0 Å². The number of hydrogen-bond acceptors (Lipinski definition) is 8. The van der Waals surface area contributed by atoms with Gasteiger partial charge in [0.15, 0.2) is 11.6 Å². The zero-order chi connectivity index (χ0) is 21.6. The molecule has 2 heterocycles. The quantitative estimate of drug-likeness (QED) is 0.407. The second-order valence-corrected chi connectivity index (χ2v) is 8.50. The Labute approximate surface area is 182 Å². The minimum absolute atomic E-state index is 0.348. The Hall–Kier alpha value is -2.68. The lowest BCUT2D eigenvalue weighted by atomic mass is 10.1. The fourth-order valence-corrected chi connectivity index (χ4v) is 4.32. The topological polar surface area (TPSA) is 98.2 Å². The van der Waals surface area contributed by atoms with Gasteiger partial charge in [-0.05, 0) is 50.9 Å². The van der Waals surface area contributed by atoms with Gasteiger partial charge in [-0.15, -0.1) is 0 Å². The maximum Gasteiger partial charge on any atom is 0.233 e. The van der Waals surface area contributed by atoms with Gasteiger partial charge in [0.25, 0.3) is 0 Å². The van der Waals surface area contributed by atoms with Crippen LogP contribution in [-0.2, 0) is 0 Å². The normalized spacial score (nSPS) is 18.4. The Balaban J connectivity index is 1.59. The number of aromatic hydroxyl groups is 1. The number of anilines is 4. The number of halogens is 1. The van der Waals surface area contributed by atoms with E-state index in [9.17, 15) is 9.50 Å². The molecule has 2 aliphatic rings. The summed E-state index contributed by atoms with van der Waals surface area (Å²) in [6.07, 6.45) is 9.24. The third kappa shape index (κ3) is 5.72. The van der Waals surface area contributed by atoms with Gasteiger partial charge in [0, 0.05) is 30.9 Å². The third-order valence-electron chi connectivity index (χ3n) is 6.19. The molecule has 2 fully saturated rings. The Morgan fingerprint density at radius 2 is 1.71 bits per heavy atom. The van der Waals surface area contributed by atoms with Crippen molar-refractivity contribution in [1.82, 2.24) is 20.3 Å². The second-order valence-electron chi connectivity index (χ2n) is 8.50. The summed E-state index contributed by atoms with van der Waals surface area (Å²) in [5.41, 5.74) is 0.470. The number of phenolic OH excluding ortho intramolecular Hbond substituents is 1. The zero-order valence-electron chi connectivity index (χ0n) is 18.1. The highest BCUT2D eigenvalue weighted by Crippen LogP contribution is 2.25. The van der Waals surface area contributed by atoms with Gasteiger partial charge in [0.2, 0.25) is 17.8 Å². The molecule has 0 unspecified atom stereocenters. The summed E-state index contributed by atoms with van der Waals surface area (Å²) >= 11 is 0. The van der Waals surface area contributed by atoms with Gasteiger partial charge < -0.3 is 26.0 Å². The Bertz CT molecular complexity index is 867. The monoisotopic (exact) mass is 429 g/mol. The van der Waals surface area contributed by atoms with Crippen molar-refractivity contribution in [2.24, 2.45) is 0 Å². The average Bonchev–Trinajstić information content (AvgIpc) is 3.05. The van der Waals surface area contributed by atoms with Crippen LogP contribution in [0.5, 0.6) is 5.75 Å². The van der Waals surface area contributed by atoms with E-state index in [1.807, 2.05) is 7.05 Å². The molecule has 0 bridgehead atoms. The van der Waals surface area contributed by atoms with Crippen molar-refractivity contribution in [2.75, 3.05) is 35.7 Å². The fourth-order valence-electron chi connectivity index (χ4n) is 4.32. The van der Waals surface area contributed by atoms with E-state index in [1.165, 1.54) is 37.8 Å².